The summed E-state index contributed by atoms with van der Waals surface area (Å²) in [7, 11) is 0. The number of benzene rings is 3. The summed E-state index contributed by atoms with van der Waals surface area (Å²) in [4.78, 5) is 20.1. The summed E-state index contributed by atoms with van der Waals surface area (Å²) in [6.07, 6.45) is 1.88. The van der Waals surface area contributed by atoms with Crippen LogP contribution in [0.25, 0.3) is 0 Å². The number of fused-ring (bicyclic) bond motifs is 1. The summed E-state index contributed by atoms with van der Waals surface area (Å²) in [6, 6.07) is 30.4. The molecule has 0 aliphatic carbocycles. The molecule has 1 aliphatic heterocycles. The Hall–Kier alpha value is -3.70. The van der Waals surface area contributed by atoms with E-state index in [0.29, 0.717) is 5.69 Å². The summed E-state index contributed by atoms with van der Waals surface area (Å²) in [5.41, 5.74) is 3.66. The number of carbonyl (C=O) groups is 1. The molecule has 1 amide bonds. The van der Waals surface area contributed by atoms with Gasteiger partial charge < -0.3 is 9.88 Å². The molecule has 1 aliphatic rings. The molecule has 1 aromatic heterocycles. The van der Waals surface area contributed by atoms with Crippen LogP contribution in [0, 0.1) is 0 Å². The van der Waals surface area contributed by atoms with Gasteiger partial charge in [0.1, 0.15) is 11.5 Å². The van der Waals surface area contributed by atoms with E-state index < -0.39 is 0 Å². The Labute approximate surface area is 182 Å². The summed E-state index contributed by atoms with van der Waals surface area (Å²) >= 11 is 0. The van der Waals surface area contributed by atoms with Crippen molar-refractivity contribution in [3.63, 3.8) is 0 Å². The van der Waals surface area contributed by atoms with Gasteiger partial charge in [-0.15, -0.1) is 0 Å². The molecule has 0 radical (unpaired) electrons. The number of para-hydroxylation sites is 1. The number of amides is 1. The van der Waals surface area contributed by atoms with Crippen LogP contribution in [-0.4, -0.2) is 26.9 Å². The lowest BCUT2D eigenvalue weighted by Crippen LogP contribution is -2.38. The fourth-order valence-corrected chi connectivity index (χ4v) is 4.17. The maximum atomic E-state index is 12.8. The van der Waals surface area contributed by atoms with Crippen molar-refractivity contribution in [3.05, 3.63) is 120 Å². The van der Waals surface area contributed by atoms with Crippen LogP contribution in [0.5, 0.6) is 0 Å². The van der Waals surface area contributed by atoms with Gasteiger partial charge in [0.2, 0.25) is 0 Å². The standard InChI is InChI=1S/C26H24N4O/c31-26(27-22-14-8-3-9-15-22)23-19-30-17-16-29(18-20-10-4-1-5-11-20)24(25(30)28-23)21-12-6-2-7-13-21/h1-15,19,24H,16-18H2,(H,27,31). The van der Waals surface area contributed by atoms with Crippen molar-refractivity contribution in [2.75, 3.05) is 11.9 Å². The summed E-state index contributed by atoms with van der Waals surface area (Å²) in [6.45, 7) is 2.52. The number of aromatic nitrogens is 2. The van der Waals surface area contributed by atoms with Crippen LogP contribution >= 0.6 is 0 Å². The third-order valence-electron chi connectivity index (χ3n) is 5.65. The van der Waals surface area contributed by atoms with Crippen molar-refractivity contribution in [2.45, 2.75) is 19.1 Å². The van der Waals surface area contributed by atoms with Crippen LogP contribution in [0.1, 0.15) is 33.5 Å². The van der Waals surface area contributed by atoms with Crippen molar-refractivity contribution in [3.8, 4) is 0 Å². The highest BCUT2D eigenvalue weighted by molar-refractivity contribution is 6.02. The number of nitrogens with one attached hydrogen (secondary N) is 1. The first-order valence-corrected chi connectivity index (χ1v) is 10.5. The Morgan fingerprint density at radius 1 is 0.871 bits per heavy atom. The molecule has 1 N–H and O–H groups in total. The zero-order valence-corrected chi connectivity index (χ0v) is 17.2. The topological polar surface area (TPSA) is 50.2 Å². The lowest BCUT2D eigenvalue weighted by atomic mass is 10.0. The van der Waals surface area contributed by atoms with E-state index in [2.05, 4.69) is 63.3 Å². The molecular weight excluding hydrogens is 384 g/mol. The number of hydrogen-bond donors (Lipinski definition) is 1. The second-order valence-electron chi connectivity index (χ2n) is 7.77. The van der Waals surface area contributed by atoms with Crippen LogP contribution in [-0.2, 0) is 13.1 Å². The highest BCUT2D eigenvalue weighted by Gasteiger charge is 2.32. The first-order valence-electron chi connectivity index (χ1n) is 10.5. The van der Waals surface area contributed by atoms with Crippen LogP contribution in [0.3, 0.4) is 0 Å². The minimum absolute atomic E-state index is 0.00608. The van der Waals surface area contributed by atoms with Crippen molar-refractivity contribution in [1.29, 1.82) is 0 Å². The van der Waals surface area contributed by atoms with Crippen LogP contribution in [0.4, 0.5) is 5.69 Å². The van der Waals surface area contributed by atoms with Gasteiger partial charge in [0.05, 0.1) is 6.04 Å². The molecule has 1 atom stereocenters. The molecule has 1 unspecified atom stereocenters. The molecule has 5 nitrogen and oxygen atoms in total. The van der Waals surface area contributed by atoms with Gasteiger partial charge in [-0.2, -0.15) is 0 Å². The quantitative estimate of drug-likeness (QED) is 0.519. The predicted octanol–water partition coefficient (Wildman–Crippen LogP) is 4.74. The number of nitrogens with zero attached hydrogens (tertiary/aromatic N) is 3. The lowest BCUT2D eigenvalue weighted by Gasteiger charge is -2.36. The lowest BCUT2D eigenvalue weighted by molar-refractivity contribution is 0.102. The van der Waals surface area contributed by atoms with Gasteiger partial charge in [-0.1, -0.05) is 78.9 Å². The van der Waals surface area contributed by atoms with Gasteiger partial charge in [0.25, 0.3) is 5.91 Å². The van der Waals surface area contributed by atoms with Crippen molar-refractivity contribution in [2.24, 2.45) is 0 Å². The Morgan fingerprint density at radius 3 is 2.23 bits per heavy atom. The van der Waals surface area contributed by atoms with Crippen molar-refractivity contribution >= 4 is 11.6 Å². The second-order valence-corrected chi connectivity index (χ2v) is 7.77. The highest BCUT2D eigenvalue weighted by Crippen LogP contribution is 2.32. The molecule has 0 spiro atoms. The normalized spacial score (nSPS) is 15.9. The van der Waals surface area contributed by atoms with Gasteiger partial charge in [-0.3, -0.25) is 9.69 Å². The van der Waals surface area contributed by atoms with Gasteiger partial charge in [0.15, 0.2) is 0 Å². The molecule has 0 fully saturated rings. The number of imidazole rings is 1. The smallest absolute Gasteiger partial charge is 0.275 e. The molecule has 3 aromatic carbocycles. The predicted molar refractivity (Wildman–Crippen MR) is 122 cm³/mol. The van der Waals surface area contributed by atoms with E-state index in [1.807, 2.05) is 48.7 Å². The fourth-order valence-electron chi connectivity index (χ4n) is 4.17. The van der Waals surface area contributed by atoms with E-state index in [4.69, 9.17) is 4.98 Å². The largest absolute Gasteiger partial charge is 0.331 e. The molecule has 31 heavy (non-hydrogen) atoms. The maximum absolute atomic E-state index is 12.8. The number of anilines is 1. The van der Waals surface area contributed by atoms with Gasteiger partial charge in [0, 0.05) is 31.5 Å². The summed E-state index contributed by atoms with van der Waals surface area (Å²) in [5.74, 6) is 0.723. The molecular formula is C26H24N4O. The molecule has 4 aromatic rings. The maximum Gasteiger partial charge on any atom is 0.275 e. The van der Waals surface area contributed by atoms with Crippen molar-refractivity contribution < 1.29 is 4.79 Å². The Bertz CT molecular complexity index is 1160. The second kappa shape index (κ2) is 8.58. The molecule has 0 bridgehead atoms. The van der Waals surface area contributed by atoms with E-state index in [-0.39, 0.29) is 11.9 Å². The van der Waals surface area contributed by atoms with E-state index in [1.54, 1.807) is 0 Å². The molecule has 5 heteroatoms. The van der Waals surface area contributed by atoms with E-state index in [9.17, 15) is 4.79 Å². The van der Waals surface area contributed by atoms with E-state index >= 15 is 0 Å². The molecule has 5 rings (SSSR count). The third-order valence-corrected chi connectivity index (χ3v) is 5.65. The minimum Gasteiger partial charge on any atom is -0.331 e. The van der Waals surface area contributed by atoms with Gasteiger partial charge in [-0.05, 0) is 23.3 Å². The van der Waals surface area contributed by atoms with Crippen molar-refractivity contribution in [1.82, 2.24) is 14.5 Å². The van der Waals surface area contributed by atoms with E-state index in [0.717, 1.165) is 31.1 Å². The van der Waals surface area contributed by atoms with Gasteiger partial charge >= 0.3 is 0 Å². The fraction of sp³-hybridized carbons (Fsp3) is 0.154. The van der Waals surface area contributed by atoms with Crippen LogP contribution < -0.4 is 5.32 Å². The number of carbonyl (C=O) groups excluding carboxylic acids is 1. The average molecular weight is 409 g/mol. The Kier molecular flexibility index (Phi) is 5.33. The Morgan fingerprint density at radius 2 is 1.52 bits per heavy atom. The minimum atomic E-state index is -0.186. The summed E-state index contributed by atoms with van der Waals surface area (Å²) < 4.78 is 2.12. The monoisotopic (exact) mass is 408 g/mol. The average Bonchev–Trinajstić information content (AvgIpc) is 3.25. The van der Waals surface area contributed by atoms with Crippen LogP contribution in [0.2, 0.25) is 0 Å². The zero-order valence-electron chi connectivity index (χ0n) is 17.2. The SMILES string of the molecule is O=C(Nc1ccccc1)c1cn2c(n1)C(c1ccccc1)N(Cc1ccccc1)CC2. The molecule has 0 saturated heterocycles. The summed E-state index contributed by atoms with van der Waals surface area (Å²) in [5, 5.41) is 2.94. The zero-order chi connectivity index (χ0) is 21.0. The molecule has 154 valence electrons. The molecule has 0 saturated carbocycles. The first kappa shape index (κ1) is 19.3. The van der Waals surface area contributed by atoms with E-state index in [1.165, 1.54) is 11.1 Å². The number of hydrogen-bond acceptors (Lipinski definition) is 3. The Balaban J connectivity index is 1.47. The first-order chi connectivity index (χ1) is 15.3. The molecule has 2 heterocycles. The van der Waals surface area contributed by atoms with Gasteiger partial charge in [-0.25, -0.2) is 4.98 Å². The number of rotatable bonds is 5. The highest BCUT2D eigenvalue weighted by atomic mass is 16.1. The third kappa shape index (κ3) is 4.13. The van der Waals surface area contributed by atoms with Crippen LogP contribution in [0.15, 0.2) is 97.2 Å².